The zero-order valence-corrected chi connectivity index (χ0v) is 13.5. The van der Waals surface area contributed by atoms with Gasteiger partial charge in [-0.25, -0.2) is 18.7 Å². The third-order valence-corrected chi connectivity index (χ3v) is 5.20. The zero-order chi connectivity index (χ0) is 16.9. The summed E-state index contributed by atoms with van der Waals surface area (Å²) in [5.41, 5.74) is 0.946. The van der Waals surface area contributed by atoms with Crippen molar-refractivity contribution in [3.8, 4) is 11.6 Å². The molecule has 1 N–H and O–H groups in total. The first-order valence-corrected chi connectivity index (χ1v) is 8.43. The van der Waals surface area contributed by atoms with Gasteiger partial charge in [0.1, 0.15) is 11.4 Å². The lowest BCUT2D eigenvalue weighted by Crippen LogP contribution is -1.99. The van der Waals surface area contributed by atoms with Gasteiger partial charge in [0, 0.05) is 12.0 Å². The first-order chi connectivity index (χ1) is 11.5. The number of rotatable bonds is 6. The predicted octanol–water partition coefficient (Wildman–Crippen LogP) is 4.27. The topological polar surface area (TPSA) is 55.2 Å². The molecule has 0 aliphatic heterocycles. The average Bonchev–Trinajstić information content (AvgIpc) is 3.45. The van der Waals surface area contributed by atoms with Crippen LogP contribution in [-0.4, -0.2) is 28.1 Å². The molecule has 4 nitrogen and oxygen atoms in total. The van der Waals surface area contributed by atoms with Crippen LogP contribution in [0.4, 0.5) is 8.78 Å². The SMILES string of the molecule is COc1ccc2nc(C3C(CCCC4CC4)C3(F)F)c(O)nc2c1. The van der Waals surface area contributed by atoms with Crippen LogP contribution in [0.1, 0.15) is 43.7 Å². The molecule has 24 heavy (non-hydrogen) atoms. The Morgan fingerprint density at radius 1 is 1.21 bits per heavy atom. The highest BCUT2D eigenvalue weighted by Crippen LogP contribution is 2.64. The lowest BCUT2D eigenvalue weighted by molar-refractivity contribution is 0.0903. The average molecular weight is 334 g/mol. The number of methoxy groups -OCH3 is 1. The maximum atomic E-state index is 14.2. The molecule has 2 aromatic rings. The molecule has 0 saturated heterocycles. The van der Waals surface area contributed by atoms with Crippen LogP contribution in [0.15, 0.2) is 18.2 Å². The summed E-state index contributed by atoms with van der Waals surface area (Å²) in [6, 6.07) is 5.01. The van der Waals surface area contributed by atoms with Crippen LogP contribution in [0.2, 0.25) is 0 Å². The van der Waals surface area contributed by atoms with E-state index in [4.69, 9.17) is 4.74 Å². The van der Waals surface area contributed by atoms with Crippen molar-refractivity contribution in [1.29, 1.82) is 0 Å². The first-order valence-electron chi connectivity index (χ1n) is 8.43. The number of nitrogens with zero attached hydrogens (tertiary/aromatic N) is 2. The van der Waals surface area contributed by atoms with Gasteiger partial charge in [-0.05, 0) is 24.5 Å². The second-order valence-corrected chi connectivity index (χ2v) is 6.92. The molecule has 1 aromatic carbocycles. The minimum Gasteiger partial charge on any atom is -0.497 e. The molecule has 6 heteroatoms. The molecule has 4 rings (SSSR count). The van der Waals surface area contributed by atoms with Gasteiger partial charge in [0.25, 0.3) is 5.92 Å². The minimum atomic E-state index is -2.80. The summed E-state index contributed by atoms with van der Waals surface area (Å²) in [4.78, 5) is 8.31. The van der Waals surface area contributed by atoms with Crippen molar-refractivity contribution in [1.82, 2.24) is 9.97 Å². The maximum Gasteiger partial charge on any atom is 0.260 e. The van der Waals surface area contributed by atoms with Crippen molar-refractivity contribution in [3.63, 3.8) is 0 Å². The van der Waals surface area contributed by atoms with Crippen molar-refractivity contribution in [2.24, 2.45) is 11.8 Å². The number of aromatic hydroxyl groups is 1. The van der Waals surface area contributed by atoms with E-state index in [1.54, 1.807) is 18.2 Å². The predicted molar refractivity (Wildman–Crippen MR) is 85.5 cm³/mol. The van der Waals surface area contributed by atoms with Crippen LogP contribution < -0.4 is 4.74 Å². The highest BCUT2D eigenvalue weighted by Gasteiger charge is 2.69. The molecular weight excluding hydrogens is 314 g/mol. The molecule has 128 valence electrons. The van der Waals surface area contributed by atoms with E-state index in [1.807, 2.05) is 0 Å². The molecule has 1 aromatic heterocycles. The summed E-state index contributed by atoms with van der Waals surface area (Å²) in [7, 11) is 1.53. The van der Waals surface area contributed by atoms with Crippen LogP contribution >= 0.6 is 0 Å². The molecule has 2 atom stereocenters. The Kier molecular flexibility index (Phi) is 3.58. The van der Waals surface area contributed by atoms with Crippen LogP contribution in [0.3, 0.4) is 0 Å². The van der Waals surface area contributed by atoms with Crippen LogP contribution in [0.25, 0.3) is 11.0 Å². The summed E-state index contributed by atoms with van der Waals surface area (Å²) >= 11 is 0. The first kappa shape index (κ1) is 15.5. The van der Waals surface area contributed by atoms with E-state index in [9.17, 15) is 13.9 Å². The Morgan fingerprint density at radius 3 is 2.71 bits per heavy atom. The molecule has 2 aliphatic carbocycles. The number of halogens is 2. The van der Waals surface area contributed by atoms with Crippen molar-refractivity contribution in [3.05, 3.63) is 23.9 Å². The highest BCUT2D eigenvalue weighted by atomic mass is 19.3. The monoisotopic (exact) mass is 334 g/mol. The van der Waals surface area contributed by atoms with E-state index >= 15 is 0 Å². The molecular formula is C18H20F2N2O2. The molecule has 0 spiro atoms. The van der Waals surface area contributed by atoms with Gasteiger partial charge in [0.2, 0.25) is 5.88 Å². The second kappa shape index (κ2) is 5.53. The number of fused-ring (bicyclic) bond motifs is 1. The summed E-state index contributed by atoms with van der Waals surface area (Å²) in [6.45, 7) is 0. The van der Waals surface area contributed by atoms with Crippen molar-refractivity contribution >= 4 is 11.0 Å². The van der Waals surface area contributed by atoms with Gasteiger partial charge in [-0.2, -0.15) is 0 Å². The Balaban J connectivity index is 1.57. The van der Waals surface area contributed by atoms with E-state index in [-0.39, 0.29) is 5.69 Å². The van der Waals surface area contributed by atoms with E-state index in [0.717, 1.165) is 18.8 Å². The van der Waals surface area contributed by atoms with Gasteiger partial charge < -0.3 is 9.84 Å². The molecule has 0 amide bonds. The Morgan fingerprint density at radius 2 is 2.00 bits per heavy atom. The van der Waals surface area contributed by atoms with Crippen LogP contribution in [-0.2, 0) is 0 Å². The number of hydrogen-bond donors (Lipinski definition) is 1. The largest absolute Gasteiger partial charge is 0.497 e. The quantitative estimate of drug-likeness (QED) is 0.857. The van der Waals surface area contributed by atoms with Gasteiger partial charge in [-0.1, -0.05) is 25.7 Å². The second-order valence-electron chi connectivity index (χ2n) is 6.92. The Hall–Kier alpha value is -1.98. The maximum absolute atomic E-state index is 14.2. The van der Waals surface area contributed by atoms with E-state index in [2.05, 4.69) is 9.97 Å². The Labute approximate surface area is 138 Å². The fourth-order valence-corrected chi connectivity index (χ4v) is 3.53. The smallest absolute Gasteiger partial charge is 0.260 e. The van der Waals surface area contributed by atoms with E-state index < -0.39 is 23.6 Å². The lowest BCUT2D eigenvalue weighted by Gasteiger charge is -2.06. The number of aromatic nitrogens is 2. The van der Waals surface area contributed by atoms with Gasteiger partial charge in [0.05, 0.1) is 24.1 Å². The fourth-order valence-electron chi connectivity index (χ4n) is 3.53. The Bertz CT molecular complexity index is 777. The summed E-state index contributed by atoms with van der Waals surface area (Å²) < 4.78 is 33.5. The van der Waals surface area contributed by atoms with Crippen molar-refractivity contribution < 1.29 is 18.6 Å². The van der Waals surface area contributed by atoms with Gasteiger partial charge in [-0.3, -0.25) is 0 Å². The number of hydrogen-bond acceptors (Lipinski definition) is 4. The van der Waals surface area contributed by atoms with Gasteiger partial charge in [0.15, 0.2) is 0 Å². The lowest BCUT2D eigenvalue weighted by atomic mass is 10.1. The van der Waals surface area contributed by atoms with E-state index in [0.29, 0.717) is 23.2 Å². The molecule has 2 fully saturated rings. The third kappa shape index (κ3) is 2.68. The highest BCUT2D eigenvalue weighted by molar-refractivity contribution is 5.77. The summed E-state index contributed by atoms with van der Waals surface area (Å²) in [5, 5.41) is 10.1. The van der Waals surface area contributed by atoms with Crippen molar-refractivity contribution in [2.75, 3.05) is 7.11 Å². The normalized spacial score (nSPS) is 25.0. The number of benzene rings is 1. The van der Waals surface area contributed by atoms with E-state index in [1.165, 1.54) is 20.0 Å². The number of alkyl halides is 2. The minimum absolute atomic E-state index is 0.0223. The van der Waals surface area contributed by atoms with Crippen LogP contribution in [0, 0.1) is 11.8 Å². The molecule has 2 unspecified atom stereocenters. The summed E-state index contributed by atoms with van der Waals surface area (Å²) in [5.74, 6) is -3.61. The third-order valence-electron chi connectivity index (χ3n) is 5.20. The molecule has 2 aliphatic rings. The van der Waals surface area contributed by atoms with Gasteiger partial charge in [-0.15, -0.1) is 0 Å². The standard InChI is InChI=1S/C18H20F2N2O2/c1-24-11-7-8-13-14(9-11)22-17(23)16(21-13)15-12(18(15,19)20)4-2-3-10-5-6-10/h7-10,12,15H,2-6H2,1H3,(H,22,23). The zero-order valence-electron chi connectivity index (χ0n) is 13.5. The molecule has 2 saturated carbocycles. The molecule has 1 heterocycles. The number of ether oxygens (including phenoxy) is 1. The van der Waals surface area contributed by atoms with Gasteiger partial charge >= 0.3 is 0 Å². The molecule has 0 radical (unpaired) electrons. The molecule has 0 bridgehead atoms. The van der Waals surface area contributed by atoms with Crippen molar-refractivity contribution in [2.45, 2.75) is 43.9 Å². The van der Waals surface area contributed by atoms with Crippen LogP contribution in [0.5, 0.6) is 11.6 Å². The fraction of sp³-hybridized carbons (Fsp3) is 0.556. The summed E-state index contributed by atoms with van der Waals surface area (Å²) in [6.07, 6.45) is 4.82.